The fourth-order valence-corrected chi connectivity index (χ4v) is 4.84. The maximum Gasteiger partial charge on any atom is 0.416 e. The first-order valence-corrected chi connectivity index (χ1v) is 8.54. The summed E-state index contributed by atoms with van der Waals surface area (Å²) in [6, 6.07) is 10.3. The number of fused-ring (bicyclic) bond motifs is 6. The summed E-state index contributed by atoms with van der Waals surface area (Å²) in [5.41, 5.74) is 1.75. The first kappa shape index (κ1) is 15.6. The summed E-state index contributed by atoms with van der Waals surface area (Å²) >= 11 is 0. The zero-order valence-corrected chi connectivity index (χ0v) is 13.6. The van der Waals surface area contributed by atoms with E-state index >= 15 is 0 Å². The van der Waals surface area contributed by atoms with Crippen LogP contribution in [0.5, 0.6) is 0 Å². The number of hydrogen-bond acceptors (Lipinski definition) is 2. The van der Waals surface area contributed by atoms with Gasteiger partial charge in [0.25, 0.3) is 11.8 Å². The average molecular weight is 357 g/mol. The van der Waals surface area contributed by atoms with Gasteiger partial charge in [-0.1, -0.05) is 18.2 Å². The van der Waals surface area contributed by atoms with Crippen molar-refractivity contribution >= 4 is 11.8 Å². The molecule has 0 spiro atoms. The Balaban J connectivity index is 1.51. The number of benzene rings is 2. The Morgan fingerprint density at radius 1 is 0.885 bits per heavy atom. The highest BCUT2D eigenvalue weighted by molar-refractivity contribution is 6.21. The Bertz CT molecular complexity index is 931. The molecule has 0 unspecified atom stereocenters. The predicted octanol–water partition coefficient (Wildman–Crippen LogP) is 4.34. The molecule has 6 heteroatoms. The maximum absolute atomic E-state index is 13.0. The number of amides is 2. The third-order valence-corrected chi connectivity index (χ3v) is 5.94. The van der Waals surface area contributed by atoms with Gasteiger partial charge in [0.1, 0.15) is 0 Å². The monoisotopic (exact) mass is 357 g/mol. The standard InChI is InChI=1S/C20H14F3NO2/c21-20(22,23)11-5-6-12-15(9-11)10-7-16(12)17(8-10)24-18(25)13-3-1-2-4-14(13)19(24)26/h1-6,9-10,16-17H,7-8H2/t10-,16-,17-/m0/s1. The van der Waals surface area contributed by atoms with Crippen LogP contribution >= 0.6 is 0 Å². The van der Waals surface area contributed by atoms with Gasteiger partial charge < -0.3 is 0 Å². The fourth-order valence-electron chi connectivity index (χ4n) is 4.84. The van der Waals surface area contributed by atoms with Crippen LogP contribution in [-0.2, 0) is 6.18 Å². The Morgan fingerprint density at radius 3 is 2.15 bits per heavy atom. The van der Waals surface area contributed by atoms with Crippen molar-refractivity contribution in [3.63, 3.8) is 0 Å². The lowest BCUT2D eigenvalue weighted by Crippen LogP contribution is -2.42. The predicted molar refractivity (Wildman–Crippen MR) is 86.9 cm³/mol. The molecule has 2 aliphatic carbocycles. The zero-order valence-electron chi connectivity index (χ0n) is 13.6. The number of carbonyl (C=O) groups is 2. The lowest BCUT2D eigenvalue weighted by molar-refractivity contribution is -0.137. The minimum absolute atomic E-state index is 0.0355. The van der Waals surface area contributed by atoms with E-state index in [1.165, 1.54) is 17.0 Å². The van der Waals surface area contributed by atoms with Crippen LogP contribution in [0.2, 0.25) is 0 Å². The molecule has 0 N–H and O–H groups in total. The average Bonchev–Trinajstić information content (AvgIpc) is 3.26. The summed E-state index contributed by atoms with van der Waals surface area (Å²) in [6.45, 7) is 0. The Kier molecular flexibility index (Phi) is 2.98. The Hall–Kier alpha value is -2.63. The summed E-state index contributed by atoms with van der Waals surface area (Å²) < 4.78 is 38.9. The molecule has 3 aliphatic rings. The maximum atomic E-state index is 13.0. The van der Waals surface area contributed by atoms with E-state index in [0.29, 0.717) is 24.0 Å². The van der Waals surface area contributed by atoms with E-state index in [1.807, 2.05) is 0 Å². The Morgan fingerprint density at radius 2 is 1.54 bits per heavy atom. The molecule has 1 heterocycles. The van der Waals surface area contributed by atoms with E-state index in [-0.39, 0.29) is 29.7 Å². The van der Waals surface area contributed by atoms with Gasteiger partial charge >= 0.3 is 6.18 Å². The van der Waals surface area contributed by atoms with Crippen molar-refractivity contribution in [2.24, 2.45) is 0 Å². The molecular weight excluding hydrogens is 343 g/mol. The van der Waals surface area contributed by atoms with E-state index in [4.69, 9.17) is 0 Å². The lowest BCUT2D eigenvalue weighted by Gasteiger charge is -2.31. The number of nitrogens with zero attached hydrogens (tertiary/aromatic N) is 1. The van der Waals surface area contributed by atoms with Gasteiger partial charge in [-0.2, -0.15) is 13.2 Å². The molecular formula is C20H14F3NO2. The van der Waals surface area contributed by atoms with E-state index in [2.05, 4.69) is 0 Å². The van der Waals surface area contributed by atoms with Crippen LogP contribution in [0.1, 0.15) is 62.1 Å². The van der Waals surface area contributed by atoms with Crippen molar-refractivity contribution in [1.82, 2.24) is 4.90 Å². The van der Waals surface area contributed by atoms with Crippen LogP contribution in [0, 0.1) is 0 Å². The number of rotatable bonds is 1. The number of imide groups is 1. The third kappa shape index (κ3) is 1.95. The summed E-state index contributed by atoms with van der Waals surface area (Å²) in [6.07, 6.45) is -3.14. The minimum atomic E-state index is -4.36. The molecule has 3 nitrogen and oxygen atoms in total. The number of hydrogen-bond donors (Lipinski definition) is 0. The SMILES string of the molecule is O=C1c2ccccc2C(=O)N1[C@H]1C[C@@H]2C[C@H]1c1ccc(C(F)(F)F)cc12. The van der Waals surface area contributed by atoms with Gasteiger partial charge in [-0.15, -0.1) is 0 Å². The molecule has 0 aromatic heterocycles. The van der Waals surface area contributed by atoms with Gasteiger partial charge in [0.05, 0.1) is 16.7 Å². The smallest absolute Gasteiger partial charge is 0.271 e. The summed E-state index contributed by atoms with van der Waals surface area (Å²) in [5, 5.41) is 0. The summed E-state index contributed by atoms with van der Waals surface area (Å²) in [4.78, 5) is 26.8. The molecule has 1 aliphatic heterocycles. The van der Waals surface area contributed by atoms with Crippen LogP contribution < -0.4 is 0 Å². The quantitative estimate of drug-likeness (QED) is 0.712. The molecule has 1 saturated carbocycles. The Labute approximate surface area is 147 Å². The first-order chi connectivity index (χ1) is 12.4. The van der Waals surface area contributed by atoms with Crippen LogP contribution in [0.25, 0.3) is 0 Å². The van der Waals surface area contributed by atoms with Crippen LogP contribution in [0.3, 0.4) is 0 Å². The van der Waals surface area contributed by atoms with Crippen molar-refractivity contribution in [1.29, 1.82) is 0 Å². The molecule has 132 valence electrons. The third-order valence-electron chi connectivity index (χ3n) is 5.94. The van der Waals surface area contributed by atoms with E-state index < -0.39 is 11.7 Å². The number of carbonyl (C=O) groups excluding carboxylic acids is 2. The van der Waals surface area contributed by atoms with Crippen molar-refractivity contribution in [3.05, 3.63) is 70.3 Å². The highest BCUT2D eigenvalue weighted by Crippen LogP contribution is 2.56. The second-order valence-electron chi connectivity index (χ2n) is 7.21. The second kappa shape index (κ2) is 4.96. The van der Waals surface area contributed by atoms with E-state index in [9.17, 15) is 22.8 Å². The topological polar surface area (TPSA) is 37.4 Å². The molecule has 2 aromatic rings. The highest BCUT2D eigenvalue weighted by atomic mass is 19.4. The molecule has 2 aromatic carbocycles. The van der Waals surface area contributed by atoms with Crippen molar-refractivity contribution in [2.45, 2.75) is 36.9 Å². The number of halogens is 3. The summed E-state index contributed by atoms with van der Waals surface area (Å²) in [7, 11) is 0. The van der Waals surface area contributed by atoms with Crippen LogP contribution in [0.15, 0.2) is 42.5 Å². The van der Waals surface area contributed by atoms with Gasteiger partial charge in [0.2, 0.25) is 0 Å². The van der Waals surface area contributed by atoms with Crippen molar-refractivity contribution in [3.8, 4) is 0 Å². The fraction of sp³-hybridized carbons (Fsp3) is 0.300. The molecule has 0 radical (unpaired) electrons. The van der Waals surface area contributed by atoms with Crippen LogP contribution in [0.4, 0.5) is 13.2 Å². The van der Waals surface area contributed by atoms with Gasteiger partial charge in [-0.05, 0) is 54.2 Å². The normalized spacial score (nSPS) is 26.4. The largest absolute Gasteiger partial charge is 0.416 e. The van der Waals surface area contributed by atoms with Crippen molar-refractivity contribution in [2.75, 3.05) is 0 Å². The molecule has 1 fully saturated rings. The molecule has 2 amide bonds. The van der Waals surface area contributed by atoms with E-state index in [1.54, 1.807) is 24.3 Å². The lowest BCUT2D eigenvalue weighted by atomic mass is 9.86. The van der Waals surface area contributed by atoms with Gasteiger partial charge in [-0.25, -0.2) is 0 Å². The highest BCUT2D eigenvalue weighted by Gasteiger charge is 2.52. The molecule has 5 rings (SSSR count). The van der Waals surface area contributed by atoms with Gasteiger partial charge in [0.15, 0.2) is 0 Å². The van der Waals surface area contributed by atoms with Crippen molar-refractivity contribution < 1.29 is 22.8 Å². The second-order valence-corrected chi connectivity index (χ2v) is 7.21. The van der Waals surface area contributed by atoms with Gasteiger partial charge in [-0.3, -0.25) is 14.5 Å². The molecule has 26 heavy (non-hydrogen) atoms. The summed E-state index contributed by atoms with van der Waals surface area (Å²) in [5.74, 6) is -0.709. The van der Waals surface area contributed by atoms with E-state index in [0.717, 1.165) is 17.2 Å². The van der Waals surface area contributed by atoms with Gasteiger partial charge in [0, 0.05) is 12.0 Å². The molecule has 3 atom stereocenters. The minimum Gasteiger partial charge on any atom is -0.271 e. The molecule has 0 saturated heterocycles. The number of alkyl halides is 3. The molecule has 2 bridgehead atoms. The first-order valence-electron chi connectivity index (χ1n) is 8.54. The zero-order chi connectivity index (χ0) is 18.2. The van der Waals surface area contributed by atoms with Crippen LogP contribution in [-0.4, -0.2) is 22.8 Å².